The number of nitriles is 1. The summed E-state index contributed by atoms with van der Waals surface area (Å²) >= 11 is 12.1. The van der Waals surface area contributed by atoms with Gasteiger partial charge in [-0.1, -0.05) is 59.2 Å². The molecule has 0 bridgehead atoms. The lowest BCUT2D eigenvalue weighted by molar-refractivity contribution is -0.111. The average Bonchev–Trinajstić information content (AvgIpc) is 3.42. The number of aromatic nitrogens is 3. The van der Waals surface area contributed by atoms with Crippen molar-refractivity contribution in [1.29, 1.82) is 5.26 Å². The second kappa shape index (κ2) is 9.66. The Morgan fingerprint density at radius 1 is 1.20 bits per heavy atom. The van der Waals surface area contributed by atoms with Gasteiger partial charge in [-0.3, -0.25) is 10.1 Å². The summed E-state index contributed by atoms with van der Waals surface area (Å²) in [5.74, 6) is -0.00692. The molecule has 2 heterocycles. The van der Waals surface area contributed by atoms with Crippen molar-refractivity contribution in [3.63, 3.8) is 0 Å². The number of nitrogens with zero attached hydrogens (tertiary/aromatic N) is 4. The van der Waals surface area contributed by atoms with Crippen LogP contribution < -0.4 is 11.1 Å². The highest BCUT2D eigenvalue weighted by atomic mass is 35.5. The molecule has 0 atom stereocenters. The van der Waals surface area contributed by atoms with Gasteiger partial charge in [0, 0.05) is 33.8 Å². The zero-order valence-electron chi connectivity index (χ0n) is 18.8. The van der Waals surface area contributed by atoms with E-state index in [1.54, 1.807) is 53.2 Å². The summed E-state index contributed by atoms with van der Waals surface area (Å²) in [7, 11) is 0. The van der Waals surface area contributed by atoms with Crippen molar-refractivity contribution >= 4 is 46.4 Å². The SMILES string of the molecule is C=C(C(=O)Nc1cc(-c2ccc(Cl)cc2Cl)no1)c1ccc(-c2nn(C(C)C)c(N)c2C#N)cc1. The van der Waals surface area contributed by atoms with Crippen LogP contribution in [0.5, 0.6) is 0 Å². The topological polar surface area (TPSA) is 123 Å². The van der Waals surface area contributed by atoms with Crippen molar-refractivity contribution in [1.82, 2.24) is 14.9 Å². The lowest BCUT2D eigenvalue weighted by Crippen LogP contribution is -2.12. The maximum Gasteiger partial charge on any atom is 0.258 e. The molecule has 2 aromatic carbocycles. The number of nitrogen functional groups attached to an aromatic ring is 1. The van der Waals surface area contributed by atoms with Crippen LogP contribution in [0.25, 0.3) is 28.1 Å². The van der Waals surface area contributed by atoms with Crippen LogP contribution >= 0.6 is 23.2 Å². The zero-order valence-corrected chi connectivity index (χ0v) is 20.4. The molecule has 176 valence electrons. The van der Waals surface area contributed by atoms with Gasteiger partial charge in [0.25, 0.3) is 5.91 Å². The molecule has 1 amide bonds. The normalized spacial score (nSPS) is 10.9. The smallest absolute Gasteiger partial charge is 0.258 e. The van der Waals surface area contributed by atoms with E-state index in [1.807, 2.05) is 13.8 Å². The Hall–Kier alpha value is -4.06. The van der Waals surface area contributed by atoms with Gasteiger partial charge in [-0.2, -0.15) is 10.4 Å². The first kappa shape index (κ1) is 24.1. The molecule has 4 rings (SSSR count). The van der Waals surface area contributed by atoms with Crippen LogP contribution in [-0.2, 0) is 4.79 Å². The number of benzene rings is 2. The maximum absolute atomic E-state index is 12.7. The predicted octanol–water partition coefficient (Wildman–Crippen LogP) is 6.20. The van der Waals surface area contributed by atoms with E-state index >= 15 is 0 Å². The summed E-state index contributed by atoms with van der Waals surface area (Å²) in [5.41, 5.74) is 9.44. The van der Waals surface area contributed by atoms with Crippen LogP contribution in [0.2, 0.25) is 10.0 Å². The molecule has 0 fully saturated rings. The summed E-state index contributed by atoms with van der Waals surface area (Å²) in [6.07, 6.45) is 0. The van der Waals surface area contributed by atoms with Crippen LogP contribution in [0.4, 0.5) is 11.7 Å². The molecule has 0 unspecified atom stereocenters. The van der Waals surface area contributed by atoms with Gasteiger partial charge in [0.05, 0.1) is 5.02 Å². The van der Waals surface area contributed by atoms with Gasteiger partial charge in [0.15, 0.2) is 0 Å². The molecule has 0 radical (unpaired) electrons. The van der Waals surface area contributed by atoms with Gasteiger partial charge >= 0.3 is 0 Å². The van der Waals surface area contributed by atoms with Gasteiger partial charge in [-0.15, -0.1) is 0 Å². The number of hydrogen-bond donors (Lipinski definition) is 2. The van der Waals surface area contributed by atoms with Crippen molar-refractivity contribution in [2.45, 2.75) is 19.9 Å². The number of rotatable bonds is 6. The van der Waals surface area contributed by atoms with E-state index in [9.17, 15) is 10.1 Å². The third-order valence-electron chi connectivity index (χ3n) is 5.28. The molecule has 0 aliphatic heterocycles. The van der Waals surface area contributed by atoms with E-state index in [2.05, 4.69) is 28.2 Å². The van der Waals surface area contributed by atoms with Crippen LogP contribution in [0.3, 0.4) is 0 Å². The fourth-order valence-corrected chi connectivity index (χ4v) is 3.96. The summed E-state index contributed by atoms with van der Waals surface area (Å²) in [5, 5.41) is 21.5. The fourth-order valence-electron chi connectivity index (χ4n) is 3.46. The van der Waals surface area contributed by atoms with Crippen LogP contribution in [0.1, 0.15) is 31.0 Å². The maximum atomic E-state index is 12.7. The third-order valence-corrected chi connectivity index (χ3v) is 5.83. The summed E-state index contributed by atoms with van der Waals surface area (Å²) in [6, 6.07) is 15.6. The highest BCUT2D eigenvalue weighted by Gasteiger charge is 2.19. The van der Waals surface area contributed by atoms with E-state index in [-0.39, 0.29) is 17.5 Å². The summed E-state index contributed by atoms with van der Waals surface area (Å²) in [6.45, 7) is 7.75. The number of nitrogens with two attached hydrogens (primary N) is 1. The van der Waals surface area contributed by atoms with Crippen molar-refractivity contribution in [2.24, 2.45) is 0 Å². The number of hydrogen-bond acceptors (Lipinski definition) is 6. The predicted molar refractivity (Wildman–Crippen MR) is 137 cm³/mol. The van der Waals surface area contributed by atoms with Gasteiger partial charge < -0.3 is 10.3 Å². The fraction of sp³-hybridized carbons (Fsp3) is 0.120. The molecule has 3 N–H and O–H groups in total. The molecule has 8 nitrogen and oxygen atoms in total. The monoisotopic (exact) mass is 506 g/mol. The van der Waals surface area contributed by atoms with E-state index in [0.717, 1.165) is 0 Å². The molecule has 4 aromatic rings. The van der Waals surface area contributed by atoms with Crippen LogP contribution in [-0.4, -0.2) is 20.8 Å². The largest absolute Gasteiger partial charge is 0.383 e. The first-order chi connectivity index (χ1) is 16.7. The van der Waals surface area contributed by atoms with Crippen LogP contribution in [0.15, 0.2) is 59.6 Å². The Balaban J connectivity index is 1.50. The molecule has 2 aromatic heterocycles. The second-order valence-electron chi connectivity index (χ2n) is 7.97. The Morgan fingerprint density at radius 2 is 1.91 bits per heavy atom. The van der Waals surface area contributed by atoms with E-state index in [1.165, 1.54) is 0 Å². The standard InChI is InChI=1S/C25H20Cl2N6O2/c1-13(2)33-24(29)19(12-28)23(31-33)16-6-4-15(5-7-16)14(3)25(34)30-22-11-21(32-35-22)18-9-8-17(26)10-20(18)27/h4-11,13H,3,29H2,1-2H3,(H,30,34). The first-order valence-corrected chi connectivity index (χ1v) is 11.3. The minimum absolute atomic E-state index is 0.00548. The minimum atomic E-state index is -0.464. The quantitative estimate of drug-likeness (QED) is 0.300. The Kier molecular flexibility index (Phi) is 6.65. The molecule has 10 heteroatoms. The lowest BCUT2D eigenvalue weighted by atomic mass is 10.0. The van der Waals surface area contributed by atoms with Crippen molar-refractivity contribution in [3.05, 3.63) is 76.3 Å². The second-order valence-corrected chi connectivity index (χ2v) is 8.81. The van der Waals surface area contributed by atoms with Gasteiger partial charge in [0.1, 0.15) is 28.8 Å². The molecular weight excluding hydrogens is 487 g/mol. The number of amides is 1. The first-order valence-electron chi connectivity index (χ1n) is 10.5. The molecule has 0 aliphatic carbocycles. The van der Waals surface area contributed by atoms with Gasteiger partial charge in [-0.25, -0.2) is 4.68 Å². The highest BCUT2D eigenvalue weighted by Crippen LogP contribution is 2.32. The van der Waals surface area contributed by atoms with Crippen molar-refractivity contribution in [3.8, 4) is 28.6 Å². The van der Waals surface area contributed by atoms with E-state index in [0.29, 0.717) is 49.5 Å². The summed E-state index contributed by atoms with van der Waals surface area (Å²) < 4.78 is 6.84. The Labute approximate surface area is 211 Å². The highest BCUT2D eigenvalue weighted by molar-refractivity contribution is 6.36. The molecule has 0 saturated carbocycles. The average molecular weight is 507 g/mol. The lowest BCUT2D eigenvalue weighted by Gasteiger charge is -2.07. The molecule has 0 aliphatic rings. The van der Waals surface area contributed by atoms with E-state index < -0.39 is 5.91 Å². The van der Waals surface area contributed by atoms with Gasteiger partial charge in [0.2, 0.25) is 5.88 Å². The number of nitrogens with one attached hydrogen (secondary N) is 1. The Bertz CT molecular complexity index is 1480. The minimum Gasteiger partial charge on any atom is -0.383 e. The molecular formula is C25H20Cl2N6O2. The number of carbonyl (C=O) groups is 1. The number of carbonyl (C=O) groups excluding carboxylic acids is 1. The molecule has 0 spiro atoms. The molecule has 0 saturated heterocycles. The number of halogens is 2. The number of anilines is 2. The van der Waals surface area contributed by atoms with Crippen molar-refractivity contribution < 1.29 is 9.32 Å². The third kappa shape index (κ3) is 4.78. The van der Waals surface area contributed by atoms with Crippen molar-refractivity contribution in [2.75, 3.05) is 11.1 Å². The Morgan fingerprint density at radius 3 is 2.54 bits per heavy atom. The van der Waals surface area contributed by atoms with Gasteiger partial charge in [-0.05, 0) is 37.6 Å². The summed E-state index contributed by atoms with van der Waals surface area (Å²) in [4.78, 5) is 12.7. The van der Waals surface area contributed by atoms with E-state index in [4.69, 9.17) is 33.5 Å². The molecule has 35 heavy (non-hydrogen) atoms. The zero-order chi connectivity index (χ0) is 25.3. The van der Waals surface area contributed by atoms with Crippen LogP contribution in [0, 0.1) is 11.3 Å².